The zero-order chi connectivity index (χ0) is 18.5. The Bertz CT molecular complexity index is 953. The molecule has 2 amide bonds. The van der Waals surface area contributed by atoms with E-state index in [1.807, 2.05) is 30.3 Å². The van der Waals surface area contributed by atoms with Gasteiger partial charge in [0.15, 0.2) is 0 Å². The zero-order valence-corrected chi connectivity index (χ0v) is 14.3. The summed E-state index contributed by atoms with van der Waals surface area (Å²) in [5.74, 6) is -1.10. The molecule has 3 rings (SSSR count). The highest BCUT2D eigenvalue weighted by molar-refractivity contribution is 6.07. The van der Waals surface area contributed by atoms with Crippen molar-refractivity contribution >= 4 is 22.7 Å². The minimum atomic E-state index is -0.415. The van der Waals surface area contributed by atoms with Gasteiger partial charge in [-0.2, -0.15) is 0 Å². The van der Waals surface area contributed by atoms with E-state index in [9.17, 15) is 14.0 Å². The predicted molar refractivity (Wildman–Crippen MR) is 97.1 cm³/mol. The van der Waals surface area contributed by atoms with Gasteiger partial charge in [0.25, 0.3) is 5.91 Å². The molecule has 0 aliphatic carbocycles. The molecule has 2 N–H and O–H groups in total. The Morgan fingerprint density at radius 3 is 2.58 bits per heavy atom. The van der Waals surface area contributed by atoms with Crippen molar-refractivity contribution in [2.24, 2.45) is 0 Å². The van der Waals surface area contributed by atoms with E-state index >= 15 is 0 Å². The first-order valence-corrected chi connectivity index (χ1v) is 8.18. The maximum atomic E-state index is 13.4. The van der Waals surface area contributed by atoms with Crippen molar-refractivity contribution in [2.45, 2.75) is 13.5 Å². The number of benzene rings is 2. The summed E-state index contributed by atoms with van der Waals surface area (Å²) < 4.78 is 13.4. The van der Waals surface area contributed by atoms with Gasteiger partial charge in [-0.15, -0.1) is 0 Å². The Kier molecular flexibility index (Phi) is 5.22. The van der Waals surface area contributed by atoms with Crippen LogP contribution in [0.1, 0.15) is 21.6 Å². The molecule has 0 fully saturated rings. The number of carbonyl (C=O) groups is 2. The first-order valence-electron chi connectivity index (χ1n) is 8.18. The molecular weight excluding hydrogens is 333 g/mol. The number of rotatable bonds is 5. The number of aromatic nitrogens is 1. The number of hydrogen-bond acceptors (Lipinski definition) is 3. The summed E-state index contributed by atoms with van der Waals surface area (Å²) >= 11 is 0. The molecule has 2 aromatic carbocycles. The minimum absolute atomic E-state index is 0.143. The molecule has 0 spiro atoms. The molecule has 1 heterocycles. The van der Waals surface area contributed by atoms with Gasteiger partial charge >= 0.3 is 0 Å². The average Bonchev–Trinajstić information content (AvgIpc) is 2.64. The van der Waals surface area contributed by atoms with Crippen molar-refractivity contribution in [3.05, 3.63) is 77.2 Å². The standard InChI is InChI=1S/C20H18FN3O2/c1-13-9-17(16-8-7-15(21)10-18(16)24-13)20(26)23-12-19(25)22-11-14-5-3-2-4-6-14/h2-10H,11-12H2,1H3,(H,22,25)(H,23,26). The fourth-order valence-electron chi connectivity index (χ4n) is 2.64. The fourth-order valence-corrected chi connectivity index (χ4v) is 2.64. The normalized spacial score (nSPS) is 10.5. The number of nitrogens with one attached hydrogen (secondary N) is 2. The third-order valence-electron chi connectivity index (χ3n) is 3.89. The molecule has 0 saturated carbocycles. The summed E-state index contributed by atoms with van der Waals surface area (Å²) in [7, 11) is 0. The summed E-state index contributed by atoms with van der Waals surface area (Å²) in [5.41, 5.74) is 2.35. The summed E-state index contributed by atoms with van der Waals surface area (Å²) in [6, 6.07) is 15.2. The summed E-state index contributed by atoms with van der Waals surface area (Å²) in [4.78, 5) is 28.6. The Labute approximate surface area is 150 Å². The molecule has 6 heteroatoms. The highest BCUT2D eigenvalue weighted by atomic mass is 19.1. The van der Waals surface area contributed by atoms with E-state index in [0.717, 1.165) is 5.56 Å². The maximum Gasteiger partial charge on any atom is 0.252 e. The largest absolute Gasteiger partial charge is 0.350 e. The molecule has 5 nitrogen and oxygen atoms in total. The number of pyridine rings is 1. The smallest absolute Gasteiger partial charge is 0.252 e. The lowest BCUT2D eigenvalue weighted by Gasteiger charge is -2.10. The van der Waals surface area contributed by atoms with Crippen LogP contribution in [0.4, 0.5) is 4.39 Å². The molecule has 1 aromatic heterocycles. The third kappa shape index (κ3) is 4.22. The van der Waals surface area contributed by atoms with Crippen LogP contribution in [0, 0.1) is 12.7 Å². The van der Waals surface area contributed by atoms with E-state index in [-0.39, 0.29) is 12.5 Å². The van der Waals surface area contributed by atoms with Crippen molar-refractivity contribution in [3.63, 3.8) is 0 Å². The van der Waals surface area contributed by atoms with Gasteiger partial charge < -0.3 is 10.6 Å². The van der Waals surface area contributed by atoms with Gasteiger partial charge in [-0.05, 0) is 30.7 Å². The number of amides is 2. The Morgan fingerprint density at radius 1 is 1.04 bits per heavy atom. The monoisotopic (exact) mass is 351 g/mol. The molecule has 0 saturated heterocycles. The van der Waals surface area contributed by atoms with Gasteiger partial charge in [-0.1, -0.05) is 30.3 Å². The molecule has 0 radical (unpaired) electrons. The van der Waals surface area contributed by atoms with Crippen LogP contribution in [-0.4, -0.2) is 23.3 Å². The zero-order valence-electron chi connectivity index (χ0n) is 14.3. The van der Waals surface area contributed by atoms with Crippen LogP contribution in [0.3, 0.4) is 0 Å². The molecule has 132 valence electrons. The maximum absolute atomic E-state index is 13.4. The molecular formula is C20H18FN3O2. The van der Waals surface area contributed by atoms with E-state index in [1.54, 1.807) is 13.0 Å². The topological polar surface area (TPSA) is 71.1 Å². The molecule has 0 aliphatic rings. The molecule has 26 heavy (non-hydrogen) atoms. The third-order valence-corrected chi connectivity index (χ3v) is 3.89. The van der Waals surface area contributed by atoms with Crippen molar-refractivity contribution in [1.29, 1.82) is 0 Å². The lowest BCUT2D eigenvalue weighted by atomic mass is 10.1. The quantitative estimate of drug-likeness (QED) is 0.742. The highest BCUT2D eigenvalue weighted by Gasteiger charge is 2.13. The average molecular weight is 351 g/mol. The van der Waals surface area contributed by atoms with Crippen molar-refractivity contribution in [3.8, 4) is 0 Å². The van der Waals surface area contributed by atoms with Crippen LogP contribution >= 0.6 is 0 Å². The summed E-state index contributed by atoms with van der Waals surface area (Å²) in [5, 5.41) is 5.88. The molecule has 0 atom stereocenters. The van der Waals surface area contributed by atoms with E-state index < -0.39 is 11.7 Å². The van der Waals surface area contributed by atoms with Crippen molar-refractivity contribution < 1.29 is 14.0 Å². The summed E-state index contributed by atoms with van der Waals surface area (Å²) in [6.07, 6.45) is 0. The lowest BCUT2D eigenvalue weighted by molar-refractivity contribution is -0.120. The number of aryl methyl sites for hydroxylation is 1. The number of carbonyl (C=O) groups excluding carboxylic acids is 2. The number of fused-ring (bicyclic) bond motifs is 1. The first-order chi connectivity index (χ1) is 12.5. The van der Waals surface area contributed by atoms with Crippen LogP contribution in [0.5, 0.6) is 0 Å². The van der Waals surface area contributed by atoms with Gasteiger partial charge in [-0.3, -0.25) is 14.6 Å². The van der Waals surface area contributed by atoms with Gasteiger partial charge in [0.05, 0.1) is 17.6 Å². The van der Waals surface area contributed by atoms with Gasteiger partial charge in [0.2, 0.25) is 5.91 Å². The first kappa shape index (κ1) is 17.5. The van der Waals surface area contributed by atoms with Crippen LogP contribution < -0.4 is 10.6 Å². The van der Waals surface area contributed by atoms with Crippen LogP contribution in [0.15, 0.2) is 54.6 Å². The Morgan fingerprint density at radius 2 is 1.81 bits per heavy atom. The van der Waals surface area contributed by atoms with Gasteiger partial charge in [0, 0.05) is 23.7 Å². The second kappa shape index (κ2) is 7.74. The van der Waals surface area contributed by atoms with Crippen molar-refractivity contribution in [1.82, 2.24) is 15.6 Å². The lowest BCUT2D eigenvalue weighted by Crippen LogP contribution is -2.36. The number of hydrogen-bond donors (Lipinski definition) is 2. The van der Waals surface area contributed by atoms with E-state index in [2.05, 4.69) is 15.6 Å². The SMILES string of the molecule is Cc1cc(C(=O)NCC(=O)NCc2ccccc2)c2ccc(F)cc2n1. The van der Waals surface area contributed by atoms with Crippen LogP contribution in [-0.2, 0) is 11.3 Å². The van der Waals surface area contributed by atoms with E-state index in [0.29, 0.717) is 28.7 Å². The van der Waals surface area contributed by atoms with Gasteiger partial charge in [-0.25, -0.2) is 4.39 Å². The molecule has 0 unspecified atom stereocenters. The minimum Gasteiger partial charge on any atom is -0.350 e. The second-order valence-electron chi connectivity index (χ2n) is 5.92. The highest BCUT2D eigenvalue weighted by Crippen LogP contribution is 2.19. The fraction of sp³-hybridized carbons (Fsp3) is 0.150. The second-order valence-corrected chi connectivity index (χ2v) is 5.92. The Balaban J connectivity index is 1.65. The van der Waals surface area contributed by atoms with E-state index in [4.69, 9.17) is 0 Å². The Hall–Kier alpha value is -3.28. The van der Waals surface area contributed by atoms with Crippen LogP contribution in [0.2, 0.25) is 0 Å². The number of halogens is 1. The van der Waals surface area contributed by atoms with E-state index in [1.165, 1.54) is 18.2 Å². The molecule has 3 aromatic rings. The predicted octanol–water partition coefficient (Wildman–Crippen LogP) is 2.73. The summed E-state index contributed by atoms with van der Waals surface area (Å²) in [6.45, 7) is 1.98. The van der Waals surface area contributed by atoms with Crippen molar-refractivity contribution in [2.75, 3.05) is 6.54 Å². The number of nitrogens with zero attached hydrogens (tertiary/aromatic N) is 1. The molecule has 0 aliphatic heterocycles. The van der Waals surface area contributed by atoms with Crippen LogP contribution in [0.25, 0.3) is 10.9 Å². The molecule has 0 bridgehead atoms. The van der Waals surface area contributed by atoms with Gasteiger partial charge in [0.1, 0.15) is 5.82 Å².